The summed E-state index contributed by atoms with van der Waals surface area (Å²) in [4.78, 5) is 18.0. The van der Waals surface area contributed by atoms with E-state index in [-0.39, 0.29) is 11.8 Å². The van der Waals surface area contributed by atoms with E-state index in [0.717, 1.165) is 34.8 Å². The molecule has 0 bridgehead atoms. The number of benzene rings is 3. The Balaban J connectivity index is 1.55. The number of hydrogen-bond donors (Lipinski definition) is 2. The number of hydrogen-bond acceptors (Lipinski definition) is 3. The lowest BCUT2D eigenvalue weighted by molar-refractivity contribution is -0.117. The minimum atomic E-state index is -0.430. The van der Waals surface area contributed by atoms with Gasteiger partial charge >= 0.3 is 0 Å². The third kappa shape index (κ3) is 2.97. The summed E-state index contributed by atoms with van der Waals surface area (Å²) in [5, 5.41) is 6.55. The summed E-state index contributed by atoms with van der Waals surface area (Å²) in [6.07, 6.45) is 0.681. The van der Waals surface area contributed by atoms with Crippen LogP contribution in [0.3, 0.4) is 0 Å². The molecule has 2 atom stereocenters. The topological polar surface area (TPSA) is 53.5 Å². The highest BCUT2D eigenvalue weighted by molar-refractivity contribution is 6.19. The van der Waals surface area contributed by atoms with Crippen LogP contribution in [0.4, 0.5) is 11.4 Å². The molecule has 2 aliphatic rings. The lowest BCUT2D eigenvalue weighted by Gasteiger charge is -2.16. The normalized spacial score (nSPS) is 20.3. The number of para-hydroxylation sites is 2. The van der Waals surface area contributed by atoms with Crippen molar-refractivity contribution in [3.63, 3.8) is 0 Å². The highest BCUT2D eigenvalue weighted by Crippen LogP contribution is 2.35. The molecule has 5 rings (SSSR count). The summed E-state index contributed by atoms with van der Waals surface area (Å²) in [6.45, 7) is 0.840. The van der Waals surface area contributed by atoms with Crippen LogP contribution in [0.25, 0.3) is 0 Å². The summed E-state index contributed by atoms with van der Waals surface area (Å²) in [5.74, 6) is 0.233. The van der Waals surface area contributed by atoms with Crippen LogP contribution in [-0.4, -0.2) is 24.2 Å². The maximum absolute atomic E-state index is 13.0. The first kappa shape index (κ1) is 16.8. The van der Waals surface area contributed by atoms with Crippen molar-refractivity contribution >= 4 is 23.0 Å². The van der Waals surface area contributed by atoms with E-state index in [1.54, 1.807) is 0 Å². The number of nitrogens with one attached hydrogen (secondary N) is 2. The van der Waals surface area contributed by atoms with Gasteiger partial charge in [0.2, 0.25) is 5.91 Å². The Morgan fingerprint density at radius 2 is 1.57 bits per heavy atom. The molecule has 138 valence electrons. The minimum Gasteiger partial charge on any atom is -0.384 e. The van der Waals surface area contributed by atoms with E-state index >= 15 is 0 Å². The molecule has 2 heterocycles. The van der Waals surface area contributed by atoms with E-state index in [4.69, 9.17) is 4.99 Å². The van der Waals surface area contributed by atoms with Crippen LogP contribution in [-0.2, 0) is 4.79 Å². The molecule has 4 heteroatoms. The van der Waals surface area contributed by atoms with Crippen LogP contribution in [0, 0.1) is 0 Å². The minimum absolute atomic E-state index is 0.0391. The number of amides is 1. The summed E-state index contributed by atoms with van der Waals surface area (Å²) in [5.41, 5.74) is 6.13. The molecule has 1 unspecified atom stereocenters. The molecule has 0 saturated heterocycles. The first-order valence-electron chi connectivity index (χ1n) is 9.66. The van der Waals surface area contributed by atoms with Crippen LogP contribution in [0.5, 0.6) is 0 Å². The van der Waals surface area contributed by atoms with Gasteiger partial charge in [-0.3, -0.25) is 9.79 Å². The van der Waals surface area contributed by atoms with Gasteiger partial charge in [-0.15, -0.1) is 0 Å². The van der Waals surface area contributed by atoms with Gasteiger partial charge in [-0.25, -0.2) is 0 Å². The molecule has 0 fully saturated rings. The van der Waals surface area contributed by atoms with Gasteiger partial charge in [0, 0.05) is 29.3 Å². The summed E-state index contributed by atoms with van der Waals surface area (Å²) < 4.78 is 0. The first-order chi connectivity index (χ1) is 13.8. The van der Waals surface area contributed by atoms with E-state index < -0.39 is 6.04 Å². The number of rotatable bonds is 3. The average Bonchev–Trinajstić information content (AvgIpc) is 3.08. The fourth-order valence-electron chi connectivity index (χ4n) is 4.12. The van der Waals surface area contributed by atoms with Crippen molar-refractivity contribution in [2.24, 2.45) is 4.99 Å². The predicted molar refractivity (Wildman–Crippen MR) is 113 cm³/mol. The maximum atomic E-state index is 13.0. The van der Waals surface area contributed by atoms with Gasteiger partial charge in [-0.05, 0) is 24.1 Å². The zero-order chi connectivity index (χ0) is 18.9. The number of aliphatic imine (C=N–C) groups is 1. The lowest BCUT2D eigenvalue weighted by Crippen LogP contribution is -2.28. The Morgan fingerprint density at radius 3 is 2.43 bits per heavy atom. The van der Waals surface area contributed by atoms with E-state index in [9.17, 15) is 4.79 Å². The van der Waals surface area contributed by atoms with Crippen molar-refractivity contribution in [3.05, 3.63) is 95.6 Å². The van der Waals surface area contributed by atoms with Crippen molar-refractivity contribution < 1.29 is 4.79 Å². The SMILES string of the molecule is O=C1Nc2ccccc2C(c2ccccc2)=NC1C[C@H]1CNc2ccccc21. The van der Waals surface area contributed by atoms with Gasteiger partial charge in [0.05, 0.1) is 11.4 Å². The number of carbonyl (C=O) groups excluding carboxylic acids is 1. The van der Waals surface area contributed by atoms with Crippen LogP contribution >= 0.6 is 0 Å². The Hall–Kier alpha value is -3.40. The van der Waals surface area contributed by atoms with Gasteiger partial charge < -0.3 is 10.6 Å². The van der Waals surface area contributed by atoms with E-state index in [1.807, 2.05) is 48.5 Å². The van der Waals surface area contributed by atoms with Gasteiger partial charge in [0.15, 0.2) is 0 Å². The van der Waals surface area contributed by atoms with Crippen molar-refractivity contribution in [2.45, 2.75) is 18.4 Å². The number of carbonyl (C=O) groups is 1. The zero-order valence-electron chi connectivity index (χ0n) is 15.4. The molecule has 2 N–H and O–H groups in total. The summed E-state index contributed by atoms with van der Waals surface area (Å²) in [6, 6.07) is 25.9. The van der Waals surface area contributed by atoms with E-state index in [0.29, 0.717) is 6.42 Å². The molecular formula is C24H21N3O. The second-order valence-corrected chi connectivity index (χ2v) is 7.30. The van der Waals surface area contributed by atoms with Crippen molar-refractivity contribution in [1.82, 2.24) is 0 Å². The van der Waals surface area contributed by atoms with Gasteiger partial charge in [0.1, 0.15) is 6.04 Å². The summed E-state index contributed by atoms with van der Waals surface area (Å²) >= 11 is 0. The average molecular weight is 367 g/mol. The lowest BCUT2D eigenvalue weighted by atomic mass is 9.93. The standard InChI is InChI=1S/C24H21N3O/c28-24-22(14-17-15-25-20-12-6-4-10-18(17)20)26-23(16-8-2-1-3-9-16)19-11-5-7-13-21(19)27-24/h1-13,17,22,25H,14-15H2,(H,27,28)/t17-,22?/m0/s1. The zero-order valence-corrected chi connectivity index (χ0v) is 15.4. The molecule has 0 saturated carbocycles. The van der Waals surface area contributed by atoms with Crippen molar-refractivity contribution in [2.75, 3.05) is 17.2 Å². The molecule has 3 aromatic rings. The fourth-order valence-corrected chi connectivity index (χ4v) is 4.12. The van der Waals surface area contributed by atoms with Crippen molar-refractivity contribution in [3.8, 4) is 0 Å². The second kappa shape index (κ2) is 6.97. The Kier molecular flexibility index (Phi) is 4.17. The highest BCUT2D eigenvalue weighted by Gasteiger charge is 2.31. The Bertz CT molecular complexity index is 1060. The van der Waals surface area contributed by atoms with Crippen molar-refractivity contribution in [1.29, 1.82) is 0 Å². The van der Waals surface area contributed by atoms with Gasteiger partial charge in [0.25, 0.3) is 0 Å². The fraction of sp³-hybridized carbons (Fsp3) is 0.167. The Morgan fingerprint density at radius 1 is 0.857 bits per heavy atom. The van der Waals surface area contributed by atoms with Crippen LogP contribution in [0.1, 0.15) is 29.0 Å². The third-order valence-electron chi connectivity index (χ3n) is 5.52. The van der Waals surface area contributed by atoms with Crippen LogP contribution in [0.2, 0.25) is 0 Å². The van der Waals surface area contributed by atoms with E-state index in [1.165, 1.54) is 5.56 Å². The molecule has 0 radical (unpaired) electrons. The largest absolute Gasteiger partial charge is 0.384 e. The number of nitrogens with zero attached hydrogens (tertiary/aromatic N) is 1. The first-order valence-corrected chi connectivity index (χ1v) is 9.66. The van der Waals surface area contributed by atoms with Crippen LogP contribution < -0.4 is 10.6 Å². The third-order valence-corrected chi connectivity index (χ3v) is 5.52. The summed E-state index contributed by atoms with van der Waals surface area (Å²) in [7, 11) is 0. The van der Waals surface area contributed by atoms with Gasteiger partial charge in [-0.1, -0.05) is 66.7 Å². The molecule has 4 nitrogen and oxygen atoms in total. The molecule has 1 amide bonds. The Labute approximate surface area is 164 Å². The molecule has 2 aliphatic heterocycles. The second-order valence-electron chi connectivity index (χ2n) is 7.30. The maximum Gasteiger partial charge on any atom is 0.249 e. The monoisotopic (exact) mass is 367 g/mol. The van der Waals surface area contributed by atoms with Gasteiger partial charge in [-0.2, -0.15) is 0 Å². The molecule has 28 heavy (non-hydrogen) atoms. The number of fused-ring (bicyclic) bond motifs is 2. The molecule has 0 aromatic heterocycles. The quantitative estimate of drug-likeness (QED) is 0.719. The molecule has 0 aliphatic carbocycles. The molecule has 3 aromatic carbocycles. The highest BCUT2D eigenvalue weighted by atomic mass is 16.2. The smallest absolute Gasteiger partial charge is 0.249 e. The number of anilines is 2. The number of benzodiazepines with no additional fused rings is 1. The van der Waals surface area contributed by atoms with E-state index in [2.05, 4.69) is 41.0 Å². The molecule has 0 spiro atoms. The predicted octanol–water partition coefficient (Wildman–Crippen LogP) is 4.44. The van der Waals surface area contributed by atoms with Crippen LogP contribution in [0.15, 0.2) is 83.9 Å². The molecular weight excluding hydrogens is 346 g/mol.